The molecule has 4 heteroatoms. The molecular formula is C15H21FINO. The van der Waals surface area contributed by atoms with Gasteiger partial charge in [0.1, 0.15) is 5.82 Å². The van der Waals surface area contributed by atoms with Crippen LogP contribution in [0.15, 0.2) is 18.2 Å². The smallest absolute Gasteiger partial charge is 0.124 e. The van der Waals surface area contributed by atoms with E-state index in [4.69, 9.17) is 4.74 Å². The Morgan fingerprint density at radius 2 is 2.16 bits per heavy atom. The molecule has 106 valence electrons. The van der Waals surface area contributed by atoms with Crippen LogP contribution in [0.25, 0.3) is 0 Å². The molecule has 1 aromatic rings. The van der Waals surface area contributed by atoms with Crippen LogP contribution >= 0.6 is 22.6 Å². The first-order valence-corrected chi connectivity index (χ1v) is 8.04. The lowest BCUT2D eigenvalue weighted by Gasteiger charge is -2.28. The molecule has 19 heavy (non-hydrogen) atoms. The van der Waals surface area contributed by atoms with Gasteiger partial charge in [0.2, 0.25) is 0 Å². The molecule has 1 fully saturated rings. The van der Waals surface area contributed by atoms with Gasteiger partial charge in [-0.05, 0) is 72.0 Å². The van der Waals surface area contributed by atoms with Gasteiger partial charge >= 0.3 is 0 Å². The largest absolute Gasteiger partial charge is 0.381 e. The van der Waals surface area contributed by atoms with Crippen molar-refractivity contribution in [3.63, 3.8) is 0 Å². The summed E-state index contributed by atoms with van der Waals surface area (Å²) >= 11 is 2.23. The molecule has 0 bridgehead atoms. The second-order valence-corrected chi connectivity index (χ2v) is 6.23. The molecule has 0 amide bonds. The predicted molar refractivity (Wildman–Crippen MR) is 83.7 cm³/mol. The van der Waals surface area contributed by atoms with Gasteiger partial charge in [-0.1, -0.05) is 13.0 Å². The molecule has 2 rings (SSSR count). The van der Waals surface area contributed by atoms with E-state index in [1.165, 1.54) is 5.56 Å². The number of rotatable bonds is 5. The van der Waals surface area contributed by atoms with E-state index >= 15 is 0 Å². The highest BCUT2D eigenvalue weighted by atomic mass is 127. The third kappa shape index (κ3) is 4.39. The predicted octanol–water partition coefficient (Wildman–Crippen LogP) is 3.90. The Balaban J connectivity index is 2.09. The summed E-state index contributed by atoms with van der Waals surface area (Å²) in [4.78, 5) is 0. The maximum absolute atomic E-state index is 13.2. The Bertz CT molecular complexity index is 407. The van der Waals surface area contributed by atoms with E-state index in [1.807, 2.05) is 6.07 Å². The fraction of sp³-hybridized carbons (Fsp3) is 0.600. The van der Waals surface area contributed by atoms with E-state index < -0.39 is 0 Å². The highest BCUT2D eigenvalue weighted by Gasteiger charge is 2.21. The average Bonchev–Trinajstić information content (AvgIpc) is 2.39. The minimum absolute atomic E-state index is 0.158. The molecule has 1 N–H and O–H groups in total. The zero-order valence-corrected chi connectivity index (χ0v) is 13.5. The summed E-state index contributed by atoms with van der Waals surface area (Å²) in [5.74, 6) is 0.549. The van der Waals surface area contributed by atoms with Gasteiger partial charge in [-0.2, -0.15) is 0 Å². The Labute approximate surface area is 128 Å². The standard InChI is InChI=1S/C15H21FINO/c1-2-18-15(9-11-5-7-19-8-6-11)13-4-3-12(16)10-14(13)17/h3-4,10-11,15,18H,2,5-9H2,1H3. The van der Waals surface area contributed by atoms with Crippen molar-refractivity contribution in [3.8, 4) is 0 Å². The Kier molecular flexibility index (Phi) is 6.04. The number of hydrogen-bond donors (Lipinski definition) is 1. The van der Waals surface area contributed by atoms with Crippen molar-refractivity contribution in [1.82, 2.24) is 5.32 Å². The molecule has 2 nitrogen and oxygen atoms in total. The lowest BCUT2D eigenvalue weighted by molar-refractivity contribution is 0.0605. The molecule has 0 aromatic heterocycles. The second-order valence-electron chi connectivity index (χ2n) is 5.07. The highest BCUT2D eigenvalue weighted by Crippen LogP contribution is 2.30. The maximum Gasteiger partial charge on any atom is 0.124 e. The van der Waals surface area contributed by atoms with Crippen molar-refractivity contribution in [2.24, 2.45) is 5.92 Å². The molecule has 0 spiro atoms. The van der Waals surface area contributed by atoms with E-state index in [0.717, 1.165) is 42.6 Å². The van der Waals surface area contributed by atoms with Gasteiger partial charge in [-0.3, -0.25) is 0 Å². The van der Waals surface area contributed by atoms with Crippen LogP contribution in [0.3, 0.4) is 0 Å². The lowest BCUT2D eigenvalue weighted by Crippen LogP contribution is -2.26. The molecule has 0 aliphatic carbocycles. The van der Waals surface area contributed by atoms with Crippen LogP contribution in [0.5, 0.6) is 0 Å². The second kappa shape index (κ2) is 7.55. The van der Waals surface area contributed by atoms with Crippen LogP contribution in [0, 0.1) is 15.3 Å². The number of ether oxygens (including phenoxy) is 1. The Morgan fingerprint density at radius 1 is 1.42 bits per heavy atom. The van der Waals surface area contributed by atoms with E-state index in [2.05, 4.69) is 34.8 Å². The number of hydrogen-bond acceptors (Lipinski definition) is 2. The molecule has 1 atom stereocenters. The van der Waals surface area contributed by atoms with Gasteiger partial charge in [0, 0.05) is 22.8 Å². The minimum atomic E-state index is -0.158. The first kappa shape index (κ1) is 15.2. The van der Waals surface area contributed by atoms with Crippen LogP contribution in [0.4, 0.5) is 4.39 Å². The molecule has 1 aliphatic heterocycles. The fourth-order valence-corrected chi connectivity index (χ4v) is 3.52. The molecular weight excluding hydrogens is 356 g/mol. The Morgan fingerprint density at radius 3 is 2.79 bits per heavy atom. The summed E-state index contributed by atoms with van der Waals surface area (Å²) in [6, 6.07) is 5.42. The molecule has 0 radical (unpaired) electrons. The van der Waals surface area contributed by atoms with Gasteiger partial charge in [0.15, 0.2) is 0 Å². The average molecular weight is 377 g/mol. The van der Waals surface area contributed by atoms with Crippen molar-refractivity contribution in [1.29, 1.82) is 0 Å². The van der Waals surface area contributed by atoms with Gasteiger partial charge in [-0.15, -0.1) is 0 Å². The summed E-state index contributed by atoms with van der Waals surface area (Å²) in [6.07, 6.45) is 3.39. The van der Waals surface area contributed by atoms with Crippen LogP contribution < -0.4 is 5.32 Å². The minimum Gasteiger partial charge on any atom is -0.381 e. The number of benzene rings is 1. The normalized spacial score (nSPS) is 18.5. The van der Waals surface area contributed by atoms with Crippen LogP contribution in [-0.4, -0.2) is 19.8 Å². The summed E-state index contributed by atoms with van der Waals surface area (Å²) in [5.41, 5.74) is 1.22. The maximum atomic E-state index is 13.2. The first-order valence-electron chi connectivity index (χ1n) is 6.96. The summed E-state index contributed by atoms with van der Waals surface area (Å²) in [5, 5.41) is 3.54. The summed E-state index contributed by atoms with van der Waals surface area (Å²) < 4.78 is 19.6. The topological polar surface area (TPSA) is 21.3 Å². The molecule has 1 aliphatic rings. The van der Waals surface area contributed by atoms with Gasteiger partial charge < -0.3 is 10.1 Å². The van der Waals surface area contributed by atoms with E-state index in [-0.39, 0.29) is 5.82 Å². The molecule has 0 saturated carbocycles. The fourth-order valence-electron chi connectivity index (χ4n) is 2.67. The number of halogens is 2. The monoisotopic (exact) mass is 377 g/mol. The Hall–Kier alpha value is -0.200. The van der Waals surface area contributed by atoms with Crippen molar-refractivity contribution >= 4 is 22.6 Å². The molecule has 1 saturated heterocycles. The zero-order chi connectivity index (χ0) is 13.7. The van der Waals surface area contributed by atoms with Crippen molar-refractivity contribution < 1.29 is 9.13 Å². The molecule has 1 aromatic carbocycles. The van der Waals surface area contributed by atoms with Crippen molar-refractivity contribution in [2.45, 2.75) is 32.2 Å². The van der Waals surface area contributed by atoms with Crippen LogP contribution in [0.2, 0.25) is 0 Å². The zero-order valence-electron chi connectivity index (χ0n) is 11.3. The quantitative estimate of drug-likeness (QED) is 0.786. The van der Waals surface area contributed by atoms with Gasteiger partial charge in [0.05, 0.1) is 0 Å². The SMILES string of the molecule is CCNC(CC1CCOCC1)c1ccc(F)cc1I. The van der Waals surface area contributed by atoms with E-state index in [0.29, 0.717) is 12.0 Å². The van der Waals surface area contributed by atoms with Gasteiger partial charge in [0.25, 0.3) is 0 Å². The van der Waals surface area contributed by atoms with Crippen LogP contribution in [0.1, 0.15) is 37.8 Å². The molecule has 1 heterocycles. The van der Waals surface area contributed by atoms with E-state index in [9.17, 15) is 4.39 Å². The van der Waals surface area contributed by atoms with Crippen molar-refractivity contribution in [2.75, 3.05) is 19.8 Å². The van der Waals surface area contributed by atoms with Crippen LogP contribution in [-0.2, 0) is 4.74 Å². The third-order valence-corrected chi connectivity index (χ3v) is 4.63. The van der Waals surface area contributed by atoms with Gasteiger partial charge in [-0.25, -0.2) is 4.39 Å². The highest BCUT2D eigenvalue weighted by molar-refractivity contribution is 14.1. The van der Waals surface area contributed by atoms with Crippen molar-refractivity contribution in [3.05, 3.63) is 33.1 Å². The van der Waals surface area contributed by atoms with E-state index in [1.54, 1.807) is 12.1 Å². The first-order chi connectivity index (χ1) is 9.20. The lowest BCUT2D eigenvalue weighted by atomic mass is 9.89. The summed E-state index contributed by atoms with van der Waals surface area (Å²) in [6.45, 7) is 4.81. The number of nitrogens with one attached hydrogen (secondary N) is 1. The molecule has 1 unspecified atom stereocenters. The third-order valence-electron chi connectivity index (χ3n) is 3.70. The summed E-state index contributed by atoms with van der Waals surface area (Å²) in [7, 11) is 0.